The van der Waals surface area contributed by atoms with Gasteiger partial charge in [0, 0.05) is 18.3 Å². The molecule has 0 atom stereocenters. The Labute approximate surface area is 143 Å². The van der Waals surface area contributed by atoms with Crippen LogP contribution < -0.4 is 20.7 Å². The Morgan fingerprint density at radius 1 is 1.12 bits per heavy atom. The molecule has 0 aliphatic rings. The normalized spacial score (nSPS) is 10.7. The molecule has 0 radical (unpaired) electrons. The molecular weight excluding hydrogens is 310 g/mol. The molecule has 0 saturated carbocycles. The van der Waals surface area contributed by atoms with Gasteiger partial charge in [0.05, 0.1) is 6.54 Å². The number of nitrogens with one attached hydrogen (secondary N) is 3. The van der Waals surface area contributed by atoms with Gasteiger partial charge in [0.2, 0.25) is 0 Å². The maximum atomic E-state index is 11.7. The molecule has 1 aromatic rings. The zero-order valence-electron chi connectivity index (χ0n) is 14.8. The Kier molecular flexibility index (Phi) is 7.88. The molecule has 0 aromatic heterocycles. The van der Waals surface area contributed by atoms with Crippen LogP contribution in [0.4, 0.5) is 15.3 Å². The Bertz CT molecular complexity index is 541. The molecule has 3 amide bonds. The molecule has 0 bridgehead atoms. The number of anilines is 1. The van der Waals surface area contributed by atoms with Crippen molar-refractivity contribution in [2.45, 2.75) is 39.7 Å². The highest BCUT2D eigenvalue weighted by Crippen LogP contribution is 2.18. The van der Waals surface area contributed by atoms with Crippen LogP contribution in [0.15, 0.2) is 24.3 Å². The van der Waals surface area contributed by atoms with Gasteiger partial charge in [-0.15, -0.1) is 0 Å². The van der Waals surface area contributed by atoms with E-state index in [4.69, 9.17) is 9.47 Å². The van der Waals surface area contributed by atoms with Crippen molar-refractivity contribution >= 4 is 17.8 Å². The number of benzene rings is 1. The SMILES string of the molecule is CCCNC(=O)NCCOc1cccc(NC(=O)OC(C)(C)C)c1. The molecule has 24 heavy (non-hydrogen) atoms. The number of amides is 3. The summed E-state index contributed by atoms with van der Waals surface area (Å²) in [4.78, 5) is 23.1. The lowest BCUT2D eigenvalue weighted by atomic mass is 10.2. The van der Waals surface area contributed by atoms with Gasteiger partial charge in [0.15, 0.2) is 0 Å². The number of carbonyl (C=O) groups excluding carboxylic acids is 2. The highest BCUT2D eigenvalue weighted by atomic mass is 16.6. The molecule has 0 spiro atoms. The third kappa shape index (κ3) is 8.87. The molecule has 0 aliphatic carbocycles. The van der Waals surface area contributed by atoms with Crippen molar-refractivity contribution in [1.29, 1.82) is 0 Å². The molecule has 0 unspecified atom stereocenters. The number of hydrogen-bond acceptors (Lipinski definition) is 4. The fraction of sp³-hybridized carbons (Fsp3) is 0.529. The van der Waals surface area contributed by atoms with Gasteiger partial charge in [-0.3, -0.25) is 5.32 Å². The van der Waals surface area contributed by atoms with Crippen molar-refractivity contribution < 1.29 is 19.1 Å². The van der Waals surface area contributed by atoms with E-state index in [0.29, 0.717) is 31.1 Å². The summed E-state index contributed by atoms with van der Waals surface area (Å²) in [5, 5.41) is 8.06. The summed E-state index contributed by atoms with van der Waals surface area (Å²) in [5.41, 5.74) is 0.0257. The van der Waals surface area contributed by atoms with Crippen molar-refractivity contribution in [3.05, 3.63) is 24.3 Å². The lowest BCUT2D eigenvalue weighted by Crippen LogP contribution is -2.37. The van der Waals surface area contributed by atoms with E-state index in [-0.39, 0.29) is 6.03 Å². The summed E-state index contributed by atoms with van der Waals surface area (Å²) in [7, 11) is 0. The van der Waals surface area contributed by atoms with Gasteiger partial charge in [-0.05, 0) is 39.3 Å². The van der Waals surface area contributed by atoms with Crippen molar-refractivity contribution in [3.8, 4) is 5.75 Å². The second-order valence-corrected chi connectivity index (χ2v) is 6.19. The molecule has 134 valence electrons. The van der Waals surface area contributed by atoms with E-state index >= 15 is 0 Å². The van der Waals surface area contributed by atoms with E-state index in [1.165, 1.54) is 0 Å². The average molecular weight is 337 g/mol. The van der Waals surface area contributed by atoms with Gasteiger partial charge >= 0.3 is 12.1 Å². The van der Waals surface area contributed by atoms with Crippen LogP contribution in [0.2, 0.25) is 0 Å². The van der Waals surface area contributed by atoms with E-state index in [2.05, 4.69) is 16.0 Å². The molecule has 1 aromatic carbocycles. The molecule has 3 N–H and O–H groups in total. The maximum Gasteiger partial charge on any atom is 0.412 e. The third-order valence-electron chi connectivity index (χ3n) is 2.67. The topological polar surface area (TPSA) is 88.7 Å². The summed E-state index contributed by atoms with van der Waals surface area (Å²) in [6.45, 7) is 8.75. The first-order valence-electron chi connectivity index (χ1n) is 8.04. The van der Waals surface area contributed by atoms with E-state index in [1.54, 1.807) is 45.0 Å². The van der Waals surface area contributed by atoms with Gasteiger partial charge in [-0.2, -0.15) is 0 Å². The predicted octanol–water partition coefficient (Wildman–Crippen LogP) is 3.12. The minimum atomic E-state index is -0.553. The van der Waals surface area contributed by atoms with Crippen LogP contribution in [-0.4, -0.2) is 37.4 Å². The second kappa shape index (κ2) is 9.64. The van der Waals surface area contributed by atoms with E-state index < -0.39 is 11.7 Å². The summed E-state index contributed by atoms with van der Waals surface area (Å²) >= 11 is 0. The zero-order valence-corrected chi connectivity index (χ0v) is 14.8. The third-order valence-corrected chi connectivity index (χ3v) is 2.67. The number of hydrogen-bond donors (Lipinski definition) is 3. The van der Waals surface area contributed by atoms with Crippen molar-refractivity contribution in [3.63, 3.8) is 0 Å². The van der Waals surface area contributed by atoms with Crippen LogP contribution in [0.1, 0.15) is 34.1 Å². The Morgan fingerprint density at radius 2 is 1.83 bits per heavy atom. The van der Waals surface area contributed by atoms with Crippen LogP contribution in [0.3, 0.4) is 0 Å². The number of ether oxygens (including phenoxy) is 2. The molecule has 7 heteroatoms. The maximum absolute atomic E-state index is 11.7. The molecular formula is C17H27N3O4. The monoisotopic (exact) mass is 337 g/mol. The number of carbonyl (C=O) groups is 2. The highest BCUT2D eigenvalue weighted by Gasteiger charge is 2.16. The van der Waals surface area contributed by atoms with Crippen LogP contribution in [0, 0.1) is 0 Å². The minimum Gasteiger partial charge on any atom is -0.492 e. The Hall–Kier alpha value is -2.44. The van der Waals surface area contributed by atoms with Crippen molar-refractivity contribution in [2.24, 2.45) is 0 Å². The molecule has 0 aliphatic heterocycles. The lowest BCUT2D eigenvalue weighted by Gasteiger charge is -2.19. The Morgan fingerprint density at radius 3 is 2.50 bits per heavy atom. The van der Waals surface area contributed by atoms with Crippen LogP contribution in [-0.2, 0) is 4.74 Å². The summed E-state index contributed by atoms with van der Waals surface area (Å²) in [6, 6.07) is 6.77. The lowest BCUT2D eigenvalue weighted by molar-refractivity contribution is 0.0636. The standard InChI is InChI=1S/C17H27N3O4/c1-5-9-18-15(21)19-10-11-23-14-8-6-7-13(12-14)20-16(22)24-17(2,3)4/h6-8,12H,5,9-11H2,1-4H3,(H,20,22)(H2,18,19,21). The number of rotatable bonds is 7. The first-order chi connectivity index (χ1) is 11.3. The molecule has 0 fully saturated rings. The van der Waals surface area contributed by atoms with E-state index in [1.807, 2.05) is 6.92 Å². The van der Waals surface area contributed by atoms with Gasteiger partial charge in [0.25, 0.3) is 0 Å². The second-order valence-electron chi connectivity index (χ2n) is 6.19. The van der Waals surface area contributed by atoms with Crippen LogP contribution in [0.25, 0.3) is 0 Å². The number of urea groups is 1. The van der Waals surface area contributed by atoms with Crippen molar-refractivity contribution in [2.75, 3.05) is 25.0 Å². The quantitative estimate of drug-likeness (QED) is 0.667. The fourth-order valence-electron chi connectivity index (χ4n) is 1.72. The van der Waals surface area contributed by atoms with Crippen molar-refractivity contribution in [1.82, 2.24) is 10.6 Å². The molecule has 1 rings (SSSR count). The molecule has 0 saturated heterocycles. The average Bonchev–Trinajstić information content (AvgIpc) is 2.48. The summed E-state index contributed by atoms with van der Waals surface area (Å²) < 4.78 is 10.7. The van der Waals surface area contributed by atoms with Gasteiger partial charge < -0.3 is 20.1 Å². The first-order valence-corrected chi connectivity index (χ1v) is 8.04. The van der Waals surface area contributed by atoms with Crippen LogP contribution in [0.5, 0.6) is 5.75 Å². The largest absolute Gasteiger partial charge is 0.492 e. The van der Waals surface area contributed by atoms with E-state index in [9.17, 15) is 9.59 Å². The van der Waals surface area contributed by atoms with Gasteiger partial charge in [-0.1, -0.05) is 13.0 Å². The molecule has 7 nitrogen and oxygen atoms in total. The first kappa shape index (κ1) is 19.6. The smallest absolute Gasteiger partial charge is 0.412 e. The minimum absolute atomic E-state index is 0.208. The van der Waals surface area contributed by atoms with Gasteiger partial charge in [0.1, 0.15) is 18.0 Å². The highest BCUT2D eigenvalue weighted by molar-refractivity contribution is 5.85. The molecule has 0 heterocycles. The van der Waals surface area contributed by atoms with E-state index in [0.717, 1.165) is 6.42 Å². The Balaban J connectivity index is 2.37. The van der Waals surface area contributed by atoms with Gasteiger partial charge in [-0.25, -0.2) is 9.59 Å². The summed E-state index contributed by atoms with van der Waals surface area (Å²) in [5.74, 6) is 0.597. The zero-order chi connectivity index (χ0) is 18.0. The van der Waals surface area contributed by atoms with Crippen LogP contribution >= 0.6 is 0 Å². The summed E-state index contributed by atoms with van der Waals surface area (Å²) in [6.07, 6.45) is 0.371. The fourth-order valence-corrected chi connectivity index (χ4v) is 1.72. The predicted molar refractivity (Wildman–Crippen MR) is 93.5 cm³/mol.